The molecule has 0 atom stereocenters. The van der Waals surface area contributed by atoms with Crippen LogP contribution in [0.2, 0.25) is 0 Å². The molecule has 1 aliphatic heterocycles. The Bertz CT molecular complexity index is 1150. The van der Waals surface area contributed by atoms with Crippen molar-refractivity contribution in [3.63, 3.8) is 0 Å². The number of amides is 2. The highest BCUT2D eigenvalue weighted by molar-refractivity contribution is 7.20. The van der Waals surface area contributed by atoms with Crippen molar-refractivity contribution < 1.29 is 22.8 Å². The number of piperidine rings is 1. The van der Waals surface area contributed by atoms with Crippen molar-refractivity contribution in [1.29, 1.82) is 0 Å². The Morgan fingerprint density at radius 1 is 1.12 bits per heavy atom. The summed E-state index contributed by atoms with van der Waals surface area (Å²) in [6.45, 7) is 2.70. The maximum absolute atomic E-state index is 13.1. The van der Waals surface area contributed by atoms with Crippen molar-refractivity contribution >= 4 is 33.4 Å². The number of fused-ring (bicyclic) bond motifs is 1. The van der Waals surface area contributed by atoms with Crippen molar-refractivity contribution in [2.45, 2.75) is 44.8 Å². The zero-order valence-electron chi connectivity index (χ0n) is 18.1. The molecule has 0 spiro atoms. The average Bonchev–Trinajstić information content (AvgIpc) is 3.14. The molecule has 0 unspecified atom stereocenters. The maximum atomic E-state index is 13.1. The lowest BCUT2D eigenvalue weighted by molar-refractivity contribution is -0.141. The van der Waals surface area contributed by atoms with Crippen LogP contribution < -0.4 is 5.32 Å². The molecular formula is C24H24F3N3O2S. The molecule has 1 aromatic carbocycles. The number of likely N-dealkylation sites (tertiary alicyclic amines) is 1. The Morgan fingerprint density at radius 2 is 1.82 bits per heavy atom. The van der Waals surface area contributed by atoms with Gasteiger partial charge in [-0.15, -0.1) is 11.3 Å². The van der Waals surface area contributed by atoms with Crippen LogP contribution in [0.3, 0.4) is 0 Å². The second-order valence-electron chi connectivity index (χ2n) is 8.22. The number of hydrogen-bond acceptors (Lipinski definition) is 4. The molecule has 174 valence electrons. The van der Waals surface area contributed by atoms with Crippen LogP contribution in [0.1, 0.15) is 45.8 Å². The summed E-state index contributed by atoms with van der Waals surface area (Å²) in [5.74, 6) is -0.201. The first-order valence-corrected chi connectivity index (χ1v) is 11.6. The van der Waals surface area contributed by atoms with E-state index in [2.05, 4.69) is 10.3 Å². The van der Waals surface area contributed by atoms with Crippen molar-refractivity contribution in [3.8, 4) is 0 Å². The fraction of sp³-hybridized carbons (Fsp3) is 0.375. The largest absolute Gasteiger partial charge is 0.433 e. The van der Waals surface area contributed by atoms with Crippen LogP contribution in [0.4, 0.5) is 13.2 Å². The highest BCUT2D eigenvalue weighted by atomic mass is 32.1. The van der Waals surface area contributed by atoms with Crippen molar-refractivity contribution in [3.05, 3.63) is 64.2 Å². The van der Waals surface area contributed by atoms with Gasteiger partial charge in [-0.05, 0) is 49.4 Å². The number of benzene rings is 1. The van der Waals surface area contributed by atoms with Gasteiger partial charge in [-0.1, -0.05) is 30.3 Å². The minimum atomic E-state index is -4.52. The number of aromatic nitrogens is 1. The number of alkyl halides is 3. The number of aryl methyl sites for hydroxylation is 2. The van der Waals surface area contributed by atoms with E-state index in [1.165, 1.54) is 6.07 Å². The number of pyridine rings is 1. The molecule has 9 heteroatoms. The first kappa shape index (κ1) is 23.2. The molecule has 1 N–H and O–H groups in total. The van der Waals surface area contributed by atoms with Gasteiger partial charge in [0.05, 0.1) is 4.88 Å². The van der Waals surface area contributed by atoms with E-state index in [-0.39, 0.29) is 22.7 Å². The van der Waals surface area contributed by atoms with E-state index in [1.807, 2.05) is 30.3 Å². The van der Waals surface area contributed by atoms with E-state index in [9.17, 15) is 22.8 Å². The van der Waals surface area contributed by atoms with E-state index in [0.29, 0.717) is 54.6 Å². The van der Waals surface area contributed by atoms with Crippen LogP contribution in [-0.4, -0.2) is 40.8 Å². The highest BCUT2D eigenvalue weighted by Crippen LogP contribution is 2.35. The van der Waals surface area contributed by atoms with E-state index < -0.39 is 11.9 Å². The molecule has 0 aliphatic carbocycles. The molecule has 2 aromatic heterocycles. The second-order valence-corrected chi connectivity index (χ2v) is 9.22. The number of rotatable bonds is 5. The van der Waals surface area contributed by atoms with E-state index in [0.717, 1.165) is 23.0 Å². The molecule has 1 fully saturated rings. The van der Waals surface area contributed by atoms with Crippen LogP contribution in [0.25, 0.3) is 10.2 Å². The fourth-order valence-corrected chi connectivity index (χ4v) is 5.18. The lowest BCUT2D eigenvalue weighted by Crippen LogP contribution is -2.46. The SMILES string of the molecule is Cc1c(C(=O)N2CCC(NC(=O)CCc3ccccc3)CC2)sc2nc(C(F)(F)F)ccc12. The molecule has 5 nitrogen and oxygen atoms in total. The Kier molecular flexibility index (Phi) is 6.69. The molecule has 1 aliphatic rings. The van der Waals surface area contributed by atoms with Crippen LogP contribution >= 0.6 is 11.3 Å². The first-order valence-electron chi connectivity index (χ1n) is 10.8. The van der Waals surface area contributed by atoms with Crippen molar-refractivity contribution in [1.82, 2.24) is 15.2 Å². The Morgan fingerprint density at radius 3 is 2.48 bits per heavy atom. The van der Waals surface area contributed by atoms with Crippen molar-refractivity contribution in [2.75, 3.05) is 13.1 Å². The van der Waals surface area contributed by atoms with Gasteiger partial charge in [0.15, 0.2) is 0 Å². The zero-order chi connectivity index (χ0) is 23.6. The van der Waals surface area contributed by atoms with Gasteiger partial charge >= 0.3 is 6.18 Å². The third kappa shape index (κ3) is 5.35. The van der Waals surface area contributed by atoms with E-state index in [1.54, 1.807) is 11.8 Å². The molecule has 33 heavy (non-hydrogen) atoms. The molecule has 0 saturated carbocycles. The number of nitrogens with one attached hydrogen (secondary N) is 1. The molecule has 0 radical (unpaired) electrons. The zero-order valence-corrected chi connectivity index (χ0v) is 18.9. The van der Waals surface area contributed by atoms with Crippen LogP contribution in [0.15, 0.2) is 42.5 Å². The topological polar surface area (TPSA) is 62.3 Å². The van der Waals surface area contributed by atoms with Crippen LogP contribution in [0.5, 0.6) is 0 Å². The molecule has 1 saturated heterocycles. The number of halogens is 3. The first-order chi connectivity index (χ1) is 15.7. The fourth-order valence-electron chi connectivity index (χ4n) is 4.03. The lowest BCUT2D eigenvalue weighted by Gasteiger charge is -2.32. The van der Waals surface area contributed by atoms with Crippen molar-refractivity contribution in [2.24, 2.45) is 0 Å². The minimum absolute atomic E-state index is 0.00414. The third-order valence-corrected chi connectivity index (χ3v) is 7.11. The summed E-state index contributed by atoms with van der Waals surface area (Å²) in [7, 11) is 0. The van der Waals surface area contributed by atoms with Gasteiger partial charge in [0.25, 0.3) is 5.91 Å². The molecule has 0 bridgehead atoms. The molecule has 2 amide bonds. The molecular weight excluding hydrogens is 451 g/mol. The van der Waals surface area contributed by atoms with Gasteiger partial charge < -0.3 is 10.2 Å². The van der Waals surface area contributed by atoms with Gasteiger partial charge in [-0.25, -0.2) is 4.98 Å². The number of hydrogen-bond donors (Lipinski definition) is 1. The predicted molar refractivity (Wildman–Crippen MR) is 121 cm³/mol. The number of carbonyl (C=O) groups is 2. The quantitative estimate of drug-likeness (QED) is 0.566. The molecule has 4 rings (SSSR count). The third-order valence-electron chi connectivity index (χ3n) is 5.92. The summed E-state index contributed by atoms with van der Waals surface area (Å²) in [5, 5.41) is 3.62. The summed E-state index contributed by atoms with van der Waals surface area (Å²) >= 11 is 1.000. The summed E-state index contributed by atoms with van der Waals surface area (Å²) in [6.07, 6.45) is -2.15. The minimum Gasteiger partial charge on any atom is -0.353 e. The van der Waals surface area contributed by atoms with Gasteiger partial charge in [0.1, 0.15) is 10.5 Å². The smallest absolute Gasteiger partial charge is 0.353 e. The van der Waals surface area contributed by atoms with Crippen LogP contribution in [0, 0.1) is 6.92 Å². The summed E-state index contributed by atoms with van der Waals surface area (Å²) in [4.78, 5) is 31.4. The Hall–Kier alpha value is -2.94. The summed E-state index contributed by atoms with van der Waals surface area (Å²) in [5.41, 5.74) is 0.806. The Balaban J connectivity index is 1.34. The van der Waals surface area contributed by atoms with Gasteiger partial charge in [0, 0.05) is 30.9 Å². The lowest BCUT2D eigenvalue weighted by atomic mass is 10.0. The Labute approximate surface area is 193 Å². The maximum Gasteiger partial charge on any atom is 0.433 e. The normalized spacial score (nSPS) is 15.1. The monoisotopic (exact) mass is 475 g/mol. The van der Waals surface area contributed by atoms with Gasteiger partial charge in [-0.2, -0.15) is 13.2 Å². The average molecular weight is 476 g/mol. The number of thiophene rings is 1. The van der Waals surface area contributed by atoms with Gasteiger partial charge in [0.2, 0.25) is 5.91 Å². The molecule has 3 heterocycles. The summed E-state index contributed by atoms with van der Waals surface area (Å²) in [6, 6.07) is 12.2. The standard InChI is InChI=1S/C24H24F3N3O2S/c1-15-18-8-9-19(24(25,26)27)29-22(18)33-21(15)23(32)30-13-11-17(12-14-30)28-20(31)10-7-16-5-3-2-4-6-16/h2-6,8-9,17H,7,10-14H2,1H3,(H,28,31). The van der Waals surface area contributed by atoms with Crippen LogP contribution in [-0.2, 0) is 17.4 Å². The van der Waals surface area contributed by atoms with Gasteiger partial charge in [-0.3, -0.25) is 9.59 Å². The highest BCUT2D eigenvalue weighted by Gasteiger charge is 2.33. The summed E-state index contributed by atoms with van der Waals surface area (Å²) < 4.78 is 38.9. The number of carbonyl (C=O) groups excluding carboxylic acids is 2. The predicted octanol–water partition coefficient (Wildman–Crippen LogP) is 4.98. The van der Waals surface area contributed by atoms with E-state index in [4.69, 9.17) is 0 Å². The number of nitrogens with zero attached hydrogens (tertiary/aromatic N) is 2. The second kappa shape index (κ2) is 9.51. The molecule has 3 aromatic rings. The van der Waals surface area contributed by atoms with E-state index >= 15 is 0 Å².